The minimum atomic E-state index is -3.98. The van der Waals surface area contributed by atoms with Crippen LogP contribution in [0.1, 0.15) is 86.0 Å². The van der Waals surface area contributed by atoms with Gasteiger partial charge in [-0.15, -0.1) is 11.3 Å². The lowest BCUT2D eigenvalue weighted by atomic mass is 9.81. The van der Waals surface area contributed by atoms with Gasteiger partial charge < -0.3 is 9.84 Å². The van der Waals surface area contributed by atoms with Gasteiger partial charge in [0.25, 0.3) is 10.0 Å². The highest BCUT2D eigenvalue weighted by Crippen LogP contribution is 2.38. The van der Waals surface area contributed by atoms with Crippen molar-refractivity contribution < 1.29 is 23.1 Å². The minimum absolute atomic E-state index is 0.0000832. The Bertz CT molecular complexity index is 1220. The summed E-state index contributed by atoms with van der Waals surface area (Å²) >= 11 is 1.21. The fraction of sp³-hybridized carbons (Fsp3) is 0.556. The molecule has 2 aliphatic rings. The lowest BCUT2D eigenvalue weighted by Crippen LogP contribution is -2.14. The van der Waals surface area contributed by atoms with E-state index in [1.807, 2.05) is 0 Å². The summed E-state index contributed by atoms with van der Waals surface area (Å²) in [7, 11) is -2.63. The second-order valence-electron chi connectivity index (χ2n) is 9.80. The van der Waals surface area contributed by atoms with Crippen LogP contribution in [0.25, 0.3) is 0 Å². The Morgan fingerprint density at radius 1 is 1.06 bits per heavy atom. The first-order valence-electron chi connectivity index (χ1n) is 12.8. The molecule has 0 radical (unpaired) electrons. The predicted molar refractivity (Wildman–Crippen MR) is 141 cm³/mol. The maximum Gasteiger partial charge on any atom is 0.335 e. The topological polar surface area (TPSA) is 106 Å². The largest absolute Gasteiger partial charge is 0.495 e. The van der Waals surface area contributed by atoms with Gasteiger partial charge in [-0.3, -0.25) is 4.72 Å². The van der Waals surface area contributed by atoms with Crippen molar-refractivity contribution in [1.29, 1.82) is 0 Å². The van der Waals surface area contributed by atoms with Gasteiger partial charge in [0, 0.05) is 11.3 Å². The number of methoxy groups -OCH3 is 1. The average molecular weight is 531 g/mol. The molecule has 0 aliphatic heterocycles. The number of carboxylic acids is 1. The van der Waals surface area contributed by atoms with E-state index in [1.165, 1.54) is 99.8 Å². The number of benzene rings is 1. The molecule has 0 saturated heterocycles. The van der Waals surface area contributed by atoms with E-state index in [0.29, 0.717) is 10.9 Å². The molecule has 1 heterocycles. The molecule has 1 aromatic carbocycles. The molecule has 9 heteroatoms. The van der Waals surface area contributed by atoms with Gasteiger partial charge in [0.15, 0.2) is 10.0 Å². The number of rotatable bonds is 6. The van der Waals surface area contributed by atoms with Crippen molar-refractivity contribution in [2.45, 2.75) is 75.7 Å². The molecule has 2 N–H and O–H groups in total. The third-order valence-electron chi connectivity index (χ3n) is 7.41. The molecule has 2 saturated carbocycles. The van der Waals surface area contributed by atoms with Gasteiger partial charge in [0.1, 0.15) is 5.75 Å². The number of hydrogen-bond donors (Lipinski definition) is 2. The van der Waals surface area contributed by atoms with Crippen LogP contribution in [0, 0.1) is 29.6 Å². The SMILES string of the molecule is COc1cc(C(=O)O)ccc1NS(=O)(=O)c1csc(C#CC2CCCC(C3CCCCCC3)CC2)n1. The number of aromatic nitrogens is 1. The summed E-state index contributed by atoms with van der Waals surface area (Å²) in [5.74, 6) is 7.53. The summed E-state index contributed by atoms with van der Waals surface area (Å²) in [5, 5.41) is 11.0. The van der Waals surface area contributed by atoms with Crippen molar-refractivity contribution in [3.05, 3.63) is 34.2 Å². The number of sulfonamides is 1. The van der Waals surface area contributed by atoms with E-state index < -0.39 is 16.0 Å². The standard InChI is InChI=1S/C27H34N2O5S2/c1-34-24-17-22(27(30)31)14-15-23(24)29-36(32,33)26-18-35-25(28-26)16-12-19-7-6-10-21(13-11-19)20-8-4-2-3-5-9-20/h14-15,17-21,29H,2-11,13H2,1H3,(H,30,31). The zero-order valence-corrected chi connectivity index (χ0v) is 22.3. The first-order valence-corrected chi connectivity index (χ1v) is 15.1. The van der Waals surface area contributed by atoms with E-state index in [-0.39, 0.29) is 22.0 Å². The van der Waals surface area contributed by atoms with Crippen molar-refractivity contribution in [3.63, 3.8) is 0 Å². The second-order valence-corrected chi connectivity index (χ2v) is 12.3. The van der Waals surface area contributed by atoms with E-state index in [1.54, 1.807) is 0 Å². The minimum Gasteiger partial charge on any atom is -0.495 e. The van der Waals surface area contributed by atoms with Crippen LogP contribution in [0.4, 0.5) is 5.69 Å². The number of anilines is 1. The van der Waals surface area contributed by atoms with E-state index in [4.69, 9.17) is 9.84 Å². The maximum absolute atomic E-state index is 12.9. The van der Waals surface area contributed by atoms with Crippen molar-refractivity contribution in [1.82, 2.24) is 4.98 Å². The monoisotopic (exact) mass is 530 g/mol. The molecule has 4 rings (SSSR count). The number of nitrogens with zero attached hydrogens (tertiary/aromatic N) is 1. The third kappa shape index (κ3) is 6.80. The van der Waals surface area contributed by atoms with Crippen LogP contribution < -0.4 is 9.46 Å². The maximum atomic E-state index is 12.9. The van der Waals surface area contributed by atoms with Crippen molar-refractivity contribution in [3.8, 4) is 17.6 Å². The summed E-state index contributed by atoms with van der Waals surface area (Å²) in [6, 6.07) is 3.94. The van der Waals surface area contributed by atoms with Crippen LogP contribution in [-0.2, 0) is 10.0 Å². The molecule has 0 spiro atoms. The Hall–Kier alpha value is -2.57. The van der Waals surface area contributed by atoms with Crippen LogP contribution in [0.3, 0.4) is 0 Å². The van der Waals surface area contributed by atoms with Crippen LogP contribution in [-0.4, -0.2) is 31.6 Å². The zero-order chi connectivity index (χ0) is 25.5. The molecule has 1 aromatic heterocycles. The number of carboxylic acid groups (broad SMARTS) is 1. The van der Waals surface area contributed by atoms with Gasteiger partial charge in [0.05, 0.1) is 18.4 Å². The van der Waals surface area contributed by atoms with E-state index >= 15 is 0 Å². The second kappa shape index (κ2) is 12.1. The highest BCUT2D eigenvalue weighted by Gasteiger charge is 2.26. The molecule has 194 valence electrons. The van der Waals surface area contributed by atoms with E-state index in [9.17, 15) is 13.2 Å². The quantitative estimate of drug-likeness (QED) is 0.342. The molecule has 0 amide bonds. The number of carbonyl (C=O) groups is 1. The van der Waals surface area contributed by atoms with Gasteiger partial charge in [-0.2, -0.15) is 8.42 Å². The molecular formula is C27H34N2O5S2. The van der Waals surface area contributed by atoms with Gasteiger partial charge >= 0.3 is 5.97 Å². The number of ether oxygens (including phenoxy) is 1. The molecule has 2 fully saturated rings. The van der Waals surface area contributed by atoms with Crippen LogP contribution in [0.5, 0.6) is 5.75 Å². The first kappa shape index (κ1) is 26.5. The number of aromatic carboxylic acids is 1. The smallest absolute Gasteiger partial charge is 0.335 e. The summed E-state index contributed by atoms with van der Waals surface area (Å²) in [4.78, 5) is 15.4. The van der Waals surface area contributed by atoms with Crippen LogP contribution in [0.15, 0.2) is 28.6 Å². The number of hydrogen-bond acceptors (Lipinski definition) is 6. The molecule has 0 bridgehead atoms. The van der Waals surface area contributed by atoms with Crippen molar-refractivity contribution >= 4 is 33.0 Å². The third-order valence-corrected chi connectivity index (χ3v) is 9.57. The lowest BCUT2D eigenvalue weighted by Gasteiger charge is -2.24. The lowest BCUT2D eigenvalue weighted by molar-refractivity contribution is 0.0696. The molecule has 2 aromatic rings. The Balaban J connectivity index is 1.39. The number of nitrogens with one attached hydrogen (secondary N) is 1. The Kier molecular flexibility index (Phi) is 8.91. The first-order chi connectivity index (χ1) is 17.4. The van der Waals surface area contributed by atoms with E-state index in [0.717, 1.165) is 24.7 Å². The Labute approximate surface area is 217 Å². The normalized spacial score (nSPS) is 21.5. The van der Waals surface area contributed by atoms with Crippen LogP contribution in [0.2, 0.25) is 0 Å². The van der Waals surface area contributed by atoms with Crippen LogP contribution >= 0.6 is 11.3 Å². The molecular weight excluding hydrogens is 496 g/mol. The number of thiazole rings is 1. The van der Waals surface area contributed by atoms with Gasteiger partial charge in [-0.05, 0) is 55.2 Å². The van der Waals surface area contributed by atoms with Gasteiger partial charge in [0.2, 0.25) is 0 Å². The molecule has 2 unspecified atom stereocenters. The molecule has 36 heavy (non-hydrogen) atoms. The summed E-state index contributed by atoms with van der Waals surface area (Å²) in [6.07, 6.45) is 14.3. The Morgan fingerprint density at radius 2 is 1.78 bits per heavy atom. The van der Waals surface area contributed by atoms with Gasteiger partial charge in [-0.1, -0.05) is 57.3 Å². The van der Waals surface area contributed by atoms with E-state index in [2.05, 4.69) is 21.5 Å². The Morgan fingerprint density at radius 3 is 2.50 bits per heavy atom. The molecule has 2 aliphatic carbocycles. The molecule has 7 nitrogen and oxygen atoms in total. The highest BCUT2D eigenvalue weighted by molar-refractivity contribution is 7.92. The summed E-state index contributed by atoms with van der Waals surface area (Å²) in [5.41, 5.74) is 0.143. The van der Waals surface area contributed by atoms with Crippen molar-refractivity contribution in [2.75, 3.05) is 11.8 Å². The highest BCUT2D eigenvalue weighted by atomic mass is 32.2. The fourth-order valence-corrected chi connectivity index (χ4v) is 7.45. The van der Waals surface area contributed by atoms with Crippen molar-refractivity contribution in [2.24, 2.45) is 17.8 Å². The predicted octanol–water partition coefficient (Wildman–Crippen LogP) is 6.17. The zero-order valence-electron chi connectivity index (χ0n) is 20.7. The summed E-state index contributed by atoms with van der Waals surface area (Å²) in [6.45, 7) is 0. The molecule has 2 atom stereocenters. The fourth-order valence-electron chi connectivity index (χ4n) is 5.44. The van der Waals surface area contributed by atoms with Gasteiger partial charge in [-0.25, -0.2) is 9.78 Å². The average Bonchev–Trinajstić information content (AvgIpc) is 3.04. The summed E-state index contributed by atoms with van der Waals surface area (Å²) < 4.78 is 33.4.